The number of methoxy groups -OCH3 is 1. The monoisotopic (exact) mass is 283 g/mol. The molecule has 0 aliphatic rings. The van der Waals surface area contributed by atoms with E-state index in [0.717, 1.165) is 22.2 Å². The van der Waals surface area contributed by atoms with Crippen molar-refractivity contribution in [2.45, 2.75) is 6.42 Å². The summed E-state index contributed by atoms with van der Waals surface area (Å²) in [7, 11) is 0.595. The van der Waals surface area contributed by atoms with E-state index in [2.05, 4.69) is 10.3 Å². The molecule has 104 valence electrons. The Hall–Kier alpha value is -1.57. The molecular formula is C12H17N3O3S. The van der Waals surface area contributed by atoms with E-state index in [9.17, 15) is 4.21 Å². The van der Waals surface area contributed by atoms with E-state index >= 15 is 0 Å². The van der Waals surface area contributed by atoms with Gasteiger partial charge in [-0.05, 0) is 30.2 Å². The molecule has 0 radical (unpaired) electrons. The van der Waals surface area contributed by atoms with Crippen LogP contribution in [0.3, 0.4) is 0 Å². The highest BCUT2D eigenvalue weighted by Gasteiger charge is 2.09. The predicted molar refractivity (Wildman–Crippen MR) is 75.4 cm³/mol. The van der Waals surface area contributed by atoms with Crippen LogP contribution in [0.2, 0.25) is 0 Å². The number of ether oxygens (including phenoxy) is 1. The van der Waals surface area contributed by atoms with Gasteiger partial charge >= 0.3 is 0 Å². The third-order valence-corrected chi connectivity index (χ3v) is 3.51. The van der Waals surface area contributed by atoms with Gasteiger partial charge in [0.05, 0.1) is 23.6 Å². The van der Waals surface area contributed by atoms with Gasteiger partial charge < -0.3 is 4.74 Å². The zero-order chi connectivity index (χ0) is 13.8. The number of fused-ring (bicyclic) bond motifs is 1. The van der Waals surface area contributed by atoms with Gasteiger partial charge in [0.15, 0.2) is 0 Å². The maximum atomic E-state index is 11.0. The summed E-state index contributed by atoms with van der Waals surface area (Å²) in [5.41, 5.74) is 4.02. The zero-order valence-electron chi connectivity index (χ0n) is 10.8. The first-order valence-corrected chi connectivity index (χ1v) is 7.36. The molecule has 2 rings (SSSR count). The fourth-order valence-electron chi connectivity index (χ4n) is 2.02. The molecule has 1 atom stereocenters. The second-order valence-electron chi connectivity index (χ2n) is 4.11. The van der Waals surface area contributed by atoms with Crippen molar-refractivity contribution in [3.05, 3.63) is 30.0 Å². The SMILES string of the molecule is COc1ccc2c(c1)c(CCNS(C)=O)cn2NO. The van der Waals surface area contributed by atoms with Crippen molar-refractivity contribution >= 4 is 21.9 Å². The molecule has 1 aromatic heterocycles. The molecule has 0 bridgehead atoms. The lowest BCUT2D eigenvalue weighted by atomic mass is 10.1. The Morgan fingerprint density at radius 3 is 2.89 bits per heavy atom. The maximum absolute atomic E-state index is 11.0. The first kappa shape index (κ1) is 13.9. The lowest BCUT2D eigenvalue weighted by Crippen LogP contribution is -2.18. The predicted octanol–water partition coefficient (Wildman–Crippen LogP) is 1.01. The maximum Gasteiger partial charge on any atom is 0.119 e. The van der Waals surface area contributed by atoms with Gasteiger partial charge in [0.25, 0.3) is 0 Å². The fraction of sp³-hybridized carbons (Fsp3) is 0.333. The lowest BCUT2D eigenvalue weighted by Gasteiger charge is -2.03. The van der Waals surface area contributed by atoms with E-state index in [1.165, 1.54) is 4.68 Å². The van der Waals surface area contributed by atoms with Crippen LogP contribution in [-0.4, -0.2) is 34.0 Å². The number of benzene rings is 1. The molecule has 1 aromatic carbocycles. The second-order valence-corrected chi connectivity index (χ2v) is 5.30. The van der Waals surface area contributed by atoms with Crippen molar-refractivity contribution in [2.24, 2.45) is 0 Å². The van der Waals surface area contributed by atoms with Gasteiger partial charge in [-0.25, -0.2) is 19.2 Å². The van der Waals surface area contributed by atoms with Gasteiger partial charge in [0.2, 0.25) is 0 Å². The van der Waals surface area contributed by atoms with Crippen LogP contribution < -0.4 is 15.0 Å². The summed E-state index contributed by atoms with van der Waals surface area (Å²) in [6.45, 7) is 0.602. The van der Waals surface area contributed by atoms with Crippen LogP contribution in [0.25, 0.3) is 10.9 Å². The molecule has 1 heterocycles. The van der Waals surface area contributed by atoms with Crippen molar-refractivity contribution in [1.29, 1.82) is 0 Å². The Kier molecular flexibility index (Phi) is 4.41. The molecule has 0 spiro atoms. The molecule has 2 aromatic rings. The minimum Gasteiger partial charge on any atom is -0.497 e. The van der Waals surface area contributed by atoms with Gasteiger partial charge in [-0.1, -0.05) is 0 Å². The molecule has 0 amide bonds. The van der Waals surface area contributed by atoms with Crippen LogP contribution in [0.1, 0.15) is 5.56 Å². The number of hydrogen-bond donors (Lipinski definition) is 3. The summed E-state index contributed by atoms with van der Waals surface area (Å²) in [4.78, 5) is 0. The number of rotatable bonds is 6. The van der Waals surface area contributed by atoms with Crippen molar-refractivity contribution in [3.63, 3.8) is 0 Å². The second kappa shape index (κ2) is 6.05. The minimum absolute atomic E-state index is 0.602. The first-order valence-electron chi connectivity index (χ1n) is 5.80. The molecule has 0 fully saturated rings. The van der Waals surface area contributed by atoms with Crippen LogP contribution >= 0.6 is 0 Å². The molecule has 0 saturated carbocycles. The van der Waals surface area contributed by atoms with Gasteiger partial charge in [-0.15, -0.1) is 0 Å². The van der Waals surface area contributed by atoms with Crippen LogP contribution in [0.4, 0.5) is 0 Å². The number of nitrogens with one attached hydrogen (secondary N) is 2. The Morgan fingerprint density at radius 2 is 2.26 bits per heavy atom. The third kappa shape index (κ3) is 3.06. The summed E-state index contributed by atoms with van der Waals surface area (Å²) in [6.07, 6.45) is 4.11. The first-order chi connectivity index (χ1) is 9.15. The summed E-state index contributed by atoms with van der Waals surface area (Å²) in [5, 5.41) is 10.1. The molecular weight excluding hydrogens is 266 g/mol. The quantitative estimate of drug-likeness (QED) is 0.692. The molecule has 1 unspecified atom stereocenters. The minimum atomic E-state index is -1.02. The van der Waals surface area contributed by atoms with E-state index in [1.54, 1.807) is 13.4 Å². The molecule has 6 nitrogen and oxygen atoms in total. The van der Waals surface area contributed by atoms with E-state index in [0.29, 0.717) is 13.0 Å². The van der Waals surface area contributed by atoms with E-state index in [4.69, 9.17) is 9.94 Å². The topological polar surface area (TPSA) is 75.5 Å². The summed E-state index contributed by atoms with van der Waals surface area (Å²) in [6, 6.07) is 5.62. The lowest BCUT2D eigenvalue weighted by molar-refractivity contribution is 0.322. The fourth-order valence-corrected chi connectivity index (χ4v) is 2.41. The molecule has 19 heavy (non-hydrogen) atoms. The number of aromatic nitrogens is 1. The average molecular weight is 283 g/mol. The molecule has 0 saturated heterocycles. The van der Waals surface area contributed by atoms with Crippen LogP contribution in [0, 0.1) is 0 Å². The highest BCUT2D eigenvalue weighted by Crippen LogP contribution is 2.25. The van der Waals surface area contributed by atoms with Gasteiger partial charge in [-0.2, -0.15) is 0 Å². The van der Waals surface area contributed by atoms with Gasteiger partial charge in [0, 0.05) is 24.4 Å². The van der Waals surface area contributed by atoms with Gasteiger partial charge in [0.1, 0.15) is 5.75 Å². The van der Waals surface area contributed by atoms with Crippen molar-refractivity contribution in [2.75, 3.05) is 25.5 Å². The van der Waals surface area contributed by atoms with E-state index in [1.807, 2.05) is 24.4 Å². The van der Waals surface area contributed by atoms with Crippen LogP contribution in [0.15, 0.2) is 24.4 Å². The molecule has 7 heteroatoms. The van der Waals surface area contributed by atoms with E-state index in [-0.39, 0.29) is 0 Å². The van der Waals surface area contributed by atoms with Crippen LogP contribution in [-0.2, 0) is 17.4 Å². The highest BCUT2D eigenvalue weighted by atomic mass is 32.2. The van der Waals surface area contributed by atoms with E-state index < -0.39 is 11.0 Å². The van der Waals surface area contributed by atoms with Crippen molar-refractivity contribution in [1.82, 2.24) is 9.40 Å². The Bertz CT molecular complexity index is 597. The Balaban J connectivity index is 2.33. The third-order valence-electron chi connectivity index (χ3n) is 2.90. The Labute approximate surface area is 113 Å². The summed E-state index contributed by atoms with van der Waals surface area (Å²) < 4.78 is 20.6. The standard InChI is InChI=1S/C12H17N3O3S/c1-18-10-3-4-12-11(7-10)9(8-15(12)14-16)5-6-13-19(2)17/h3-4,7-8,13-14,16H,5-6H2,1-2H3. The summed E-state index contributed by atoms with van der Waals surface area (Å²) in [5.74, 6) is 0.761. The molecule has 0 aliphatic heterocycles. The normalized spacial score (nSPS) is 12.6. The summed E-state index contributed by atoms with van der Waals surface area (Å²) >= 11 is 0. The van der Waals surface area contributed by atoms with Crippen molar-refractivity contribution < 1.29 is 14.2 Å². The number of nitrogens with zero attached hydrogens (tertiary/aromatic N) is 1. The average Bonchev–Trinajstić information content (AvgIpc) is 2.76. The molecule has 3 N–H and O–H groups in total. The van der Waals surface area contributed by atoms with Crippen LogP contribution in [0.5, 0.6) is 5.75 Å². The van der Waals surface area contributed by atoms with Gasteiger partial charge in [-0.3, -0.25) is 5.21 Å². The number of hydrogen-bond acceptors (Lipinski definition) is 4. The zero-order valence-corrected chi connectivity index (χ0v) is 11.7. The smallest absolute Gasteiger partial charge is 0.119 e. The highest BCUT2D eigenvalue weighted by molar-refractivity contribution is 7.82. The largest absolute Gasteiger partial charge is 0.497 e. The molecule has 0 aliphatic carbocycles. The van der Waals surface area contributed by atoms with Crippen molar-refractivity contribution in [3.8, 4) is 5.75 Å². The Morgan fingerprint density at radius 1 is 1.47 bits per heavy atom.